The number of aromatic carboxylic acids is 1. The van der Waals surface area contributed by atoms with Crippen LogP contribution in [0, 0.1) is 0 Å². The van der Waals surface area contributed by atoms with Crippen LogP contribution in [0.4, 0.5) is 10.5 Å². The Kier molecular flexibility index (Phi) is 4.71. The molecule has 1 saturated heterocycles. The van der Waals surface area contributed by atoms with Gasteiger partial charge in [-0.05, 0) is 32.9 Å². The molecule has 1 aliphatic heterocycles. The zero-order chi connectivity index (χ0) is 16.3. The lowest BCUT2D eigenvalue weighted by molar-refractivity contribution is 0.0697. The molecule has 2 rings (SSSR count). The van der Waals surface area contributed by atoms with Crippen molar-refractivity contribution < 1.29 is 14.7 Å². The molecule has 0 spiro atoms. The number of hydrogen-bond acceptors (Lipinski definition) is 3. The number of benzene rings is 1. The molecule has 6 heteroatoms. The van der Waals surface area contributed by atoms with Crippen LogP contribution in [-0.2, 0) is 0 Å². The minimum atomic E-state index is -1.05. The number of carbonyl (C=O) groups excluding carboxylic acids is 1. The SMILES string of the molecule is CC(C)(C)N1CCN(C(=O)Nc2ccccc2C(=O)O)CC1. The summed E-state index contributed by atoms with van der Waals surface area (Å²) in [7, 11) is 0. The Morgan fingerprint density at radius 1 is 1.09 bits per heavy atom. The highest BCUT2D eigenvalue weighted by Crippen LogP contribution is 2.18. The van der Waals surface area contributed by atoms with E-state index in [0.717, 1.165) is 13.1 Å². The van der Waals surface area contributed by atoms with Crippen LogP contribution in [-0.4, -0.2) is 58.6 Å². The fourth-order valence-electron chi connectivity index (χ4n) is 2.55. The van der Waals surface area contributed by atoms with Crippen LogP contribution in [0.3, 0.4) is 0 Å². The predicted molar refractivity (Wildman–Crippen MR) is 85.3 cm³/mol. The van der Waals surface area contributed by atoms with E-state index in [0.29, 0.717) is 18.8 Å². The molecule has 120 valence electrons. The lowest BCUT2D eigenvalue weighted by Gasteiger charge is -2.42. The molecule has 0 aliphatic carbocycles. The second-order valence-electron chi connectivity index (χ2n) is 6.43. The van der Waals surface area contributed by atoms with Crippen molar-refractivity contribution >= 4 is 17.7 Å². The molecule has 0 unspecified atom stereocenters. The van der Waals surface area contributed by atoms with E-state index in [1.807, 2.05) is 0 Å². The number of anilines is 1. The first-order valence-corrected chi connectivity index (χ1v) is 7.42. The molecule has 0 atom stereocenters. The molecule has 22 heavy (non-hydrogen) atoms. The summed E-state index contributed by atoms with van der Waals surface area (Å²) in [6.45, 7) is 9.38. The van der Waals surface area contributed by atoms with Crippen LogP contribution < -0.4 is 5.32 Å². The molecule has 0 aromatic heterocycles. The Bertz CT molecular complexity index is 558. The fourth-order valence-corrected chi connectivity index (χ4v) is 2.55. The van der Waals surface area contributed by atoms with E-state index >= 15 is 0 Å². The summed E-state index contributed by atoms with van der Waals surface area (Å²) in [4.78, 5) is 27.5. The second-order valence-corrected chi connectivity index (χ2v) is 6.43. The highest BCUT2D eigenvalue weighted by molar-refractivity contribution is 5.99. The number of carbonyl (C=O) groups is 2. The van der Waals surface area contributed by atoms with Crippen molar-refractivity contribution in [1.82, 2.24) is 9.80 Å². The number of hydrogen-bond donors (Lipinski definition) is 2. The summed E-state index contributed by atoms with van der Waals surface area (Å²) >= 11 is 0. The van der Waals surface area contributed by atoms with E-state index in [1.165, 1.54) is 6.07 Å². The topological polar surface area (TPSA) is 72.9 Å². The van der Waals surface area contributed by atoms with Gasteiger partial charge in [0.05, 0.1) is 11.3 Å². The lowest BCUT2D eigenvalue weighted by Crippen LogP contribution is -2.55. The van der Waals surface area contributed by atoms with Crippen molar-refractivity contribution in [2.45, 2.75) is 26.3 Å². The van der Waals surface area contributed by atoms with Gasteiger partial charge in [0, 0.05) is 31.7 Å². The number of carboxylic acids is 1. The maximum Gasteiger partial charge on any atom is 0.337 e. The molecule has 6 nitrogen and oxygen atoms in total. The normalized spacial score (nSPS) is 16.4. The molecule has 2 amide bonds. The quantitative estimate of drug-likeness (QED) is 0.879. The van der Waals surface area contributed by atoms with Gasteiger partial charge in [0.15, 0.2) is 0 Å². The largest absolute Gasteiger partial charge is 0.478 e. The van der Waals surface area contributed by atoms with E-state index in [-0.39, 0.29) is 17.1 Å². The minimum absolute atomic E-state index is 0.0957. The average Bonchev–Trinajstić information content (AvgIpc) is 2.46. The summed E-state index contributed by atoms with van der Waals surface area (Å²) in [5.41, 5.74) is 0.529. The van der Waals surface area contributed by atoms with Crippen molar-refractivity contribution in [1.29, 1.82) is 0 Å². The Hall–Kier alpha value is -2.08. The minimum Gasteiger partial charge on any atom is -0.478 e. The van der Waals surface area contributed by atoms with Gasteiger partial charge in [-0.1, -0.05) is 12.1 Å². The van der Waals surface area contributed by atoms with Gasteiger partial charge in [0.1, 0.15) is 0 Å². The number of carboxylic acid groups (broad SMARTS) is 1. The number of urea groups is 1. The molecule has 1 aliphatic rings. The molecule has 1 fully saturated rings. The van der Waals surface area contributed by atoms with Crippen LogP contribution in [0.25, 0.3) is 0 Å². The highest BCUT2D eigenvalue weighted by atomic mass is 16.4. The monoisotopic (exact) mass is 305 g/mol. The van der Waals surface area contributed by atoms with Gasteiger partial charge >= 0.3 is 12.0 Å². The van der Waals surface area contributed by atoms with Gasteiger partial charge in [0.25, 0.3) is 0 Å². The summed E-state index contributed by atoms with van der Waals surface area (Å²) in [5, 5.41) is 11.8. The Morgan fingerprint density at radius 3 is 2.23 bits per heavy atom. The van der Waals surface area contributed by atoms with Crippen LogP contribution in [0.15, 0.2) is 24.3 Å². The van der Waals surface area contributed by atoms with Gasteiger partial charge < -0.3 is 15.3 Å². The second kappa shape index (κ2) is 6.36. The summed E-state index contributed by atoms with van der Waals surface area (Å²) < 4.78 is 0. The van der Waals surface area contributed by atoms with Gasteiger partial charge in [-0.2, -0.15) is 0 Å². The van der Waals surface area contributed by atoms with Gasteiger partial charge in [-0.15, -0.1) is 0 Å². The van der Waals surface area contributed by atoms with E-state index in [2.05, 4.69) is 31.0 Å². The Labute approximate surface area is 130 Å². The van der Waals surface area contributed by atoms with Crippen molar-refractivity contribution in [3.8, 4) is 0 Å². The number of nitrogens with one attached hydrogen (secondary N) is 1. The van der Waals surface area contributed by atoms with Crippen LogP contribution in [0.5, 0.6) is 0 Å². The van der Waals surface area contributed by atoms with E-state index in [9.17, 15) is 9.59 Å². The maximum absolute atomic E-state index is 12.3. The van der Waals surface area contributed by atoms with E-state index in [4.69, 9.17) is 5.11 Å². The first-order chi connectivity index (χ1) is 10.3. The standard InChI is InChI=1S/C16H23N3O3/c1-16(2,3)19-10-8-18(9-11-19)15(22)17-13-7-5-4-6-12(13)14(20)21/h4-7H,8-11H2,1-3H3,(H,17,22)(H,20,21). The highest BCUT2D eigenvalue weighted by Gasteiger charge is 2.28. The zero-order valence-corrected chi connectivity index (χ0v) is 13.3. The third-order valence-electron chi connectivity index (χ3n) is 3.91. The molecule has 1 heterocycles. The molecular formula is C16H23N3O3. The molecule has 2 N–H and O–H groups in total. The predicted octanol–water partition coefficient (Wildman–Crippen LogP) is 2.33. The third kappa shape index (κ3) is 3.76. The van der Waals surface area contributed by atoms with Crippen LogP contribution in [0.1, 0.15) is 31.1 Å². The first-order valence-electron chi connectivity index (χ1n) is 7.42. The number of amides is 2. The molecule has 0 radical (unpaired) electrons. The van der Waals surface area contributed by atoms with Gasteiger partial charge in [-0.3, -0.25) is 4.90 Å². The molecular weight excluding hydrogens is 282 g/mol. The molecule has 0 saturated carbocycles. The van der Waals surface area contributed by atoms with E-state index in [1.54, 1.807) is 23.1 Å². The number of piperazine rings is 1. The van der Waals surface area contributed by atoms with Crippen molar-refractivity contribution in [2.24, 2.45) is 0 Å². The van der Waals surface area contributed by atoms with Crippen molar-refractivity contribution in [2.75, 3.05) is 31.5 Å². The average molecular weight is 305 g/mol. The zero-order valence-electron chi connectivity index (χ0n) is 13.3. The van der Waals surface area contributed by atoms with Gasteiger partial charge in [-0.25, -0.2) is 9.59 Å². The third-order valence-corrected chi connectivity index (χ3v) is 3.91. The molecule has 0 bridgehead atoms. The Balaban J connectivity index is 1.99. The lowest BCUT2D eigenvalue weighted by atomic mass is 10.1. The number of nitrogens with zero attached hydrogens (tertiary/aromatic N) is 2. The van der Waals surface area contributed by atoms with Gasteiger partial charge in [0.2, 0.25) is 0 Å². The van der Waals surface area contributed by atoms with E-state index < -0.39 is 5.97 Å². The van der Waals surface area contributed by atoms with Crippen LogP contribution >= 0.6 is 0 Å². The molecule has 1 aromatic carbocycles. The summed E-state index contributed by atoms with van der Waals surface area (Å²) in [5.74, 6) is -1.05. The number of rotatable bonds is 2. The smallest absolute Gasteiger partial charge is 0.337 e. The fraction of sp³-hybridized carbons (Fsp3) is 0.500. The van der Waals surface area contributed by atoms with Crippen molar-refractivity contribution in [3.05, 3.63) is 29.8 Å². The summed E-state index contributed by atoms with van der Waals surface area (Å²) in [6.07, 6.45) is 0. The molecule has 1 aromatic rings. The maximum atomic E-state index is 12.3. The van der Waals surface area contributed by atoms with Crippen molar-refractivity contribution in [3.63, 3.8) is 0 Å². The number of para-hydroxylation sites is 1. The van der Waals surface area contributed by atoms with Crippen LogP contribution in [0.2, 0.25) is 0 Å². The first kappa shape index (κ1) is 16.3. The summed E-state index contributed by atoms with van der Waals surface area (Å²) in [6, 6.07) is 6.19. The Morgan fingerprint density at radius 2 is 1.68 bits per heavy atom.